The monoisotopic (exact) mass is 245 g/mol. The van der Waals surface area contributed by atoms with Crippen molar-refractivity contribution in [1.29, 1.82) is 0 Å². The Kier molecular flexibility index (Phi) is 3.58. The van der Waals surface area contributed by atoms with Gasteiger partial charge in [0.2, 0.25) is 0 Å². The van der Waals surface area contributed by atoms with Crippen molar-refractivity contribution in [3.63, 3.8) is 0 Å². The second-order valence-corrected chi connectivity index (χ2v) is 4.27. The van der Waals surface area contributed by atoms with Crippen molar-refractivity contribution in [2.24, 2.45) is 5.73 Å². The topological polar surface area (TPSA) is 42.1 Å². The van der Waals surface area contributed by atoms with E-state index >= 15 is 0 Å². The highest BCUT2D eigenvalue weighted by molar-refractivity contribution is 5.61. The SMILES string of the molecule is C[C@@H](N)c1ccc(N(C)c2ccc(F)cc2)cn1. The van der Waals surface area contributed by atoms with Gasteiger partial charge < -0.3 is 10.6 Å². The van der Waals surface area contributed by atoms with Gasteiger partial charge in [-0.25, -0.2) is 4.39 Å². The van der Waals surface area contributed by atoms with E-state index in [9.17, 15) is 4.39 Å². The Morgan fingerprint density at radius 3 is 2.22 bits per heavy atom. The van der Waals surface area contributed by atoms with Crippen LogP contribution in [-0.2, 0) is 0 Å². The van der Waals surface area contributed by atoms with Gasteiger partial charge in [-0.05, 0) is 43.3 Å². The first-order valence-corrected chi connectivity index (χ1v) is 5.79. The van der Waals surface area contributed by atoms with E-state index in [1.807, 2.05) is 31.0 Å². The van der Waals surface area contributed by atoms with E-state index in [4.69, 9.17) is 5.73 Å². The number of aromatic nitrogens is 1. The van der Waals surface area contributed by atoms with Crippen LogP contribution in [0, 0.1) is 5.82 Å². The number of nitrogens with zero attached hydrogens (tertiary/aromatic N) is 2. The molecule has 0 saturated heterocycles. The molecule has 0 fully saturated rings. The molecule has 1 heterocycles. The van der Waals surface area contributed by atoms with E-state index in [1.165, 1.54) is 12.1 Å². The predicted octanol–water partition coefficient (Wildman–Crippen LogP) is 3.01. The highest BCUT2D eigenvalue weighted by Gasteiger charge is 2.06. The molecule has 4 heteroatoms. The number of hydrogen-bond acceptors (Lipinski definition) is 3. The maximum absolute atomic E-state index is 12.8. The summed E-state index contributed by atoms with van der Waals surface area (Å²) in [5.41, 5.74) is 8.45. The zero-order chi connectivity index (χ0) is 13.1. The van der Waals surface area contributed by atoms with Gasteiger partial charge in [-0.15, -0.1) is 0 Å². The number of anilines is 2. The summed E-state index contributed by atoms with van der Waals surface area (Å²) in [6.45, 7) is 1.89. The van der Waals surface area contributed by atoms with Crippen molar-refractivity contribution in [3.8, 4) is 0 Å². The number of benzene rings is 1. The Hall–Kier alpha value is -1.94. The summed E-state index contributed by atoms with van der Waals surface area (Å²) in [5.74, 6) is -0.238. The summed E-state index contributed by atoms with van der Waals surface area (Å²) < 4.78 is 12.8. The summed E-state index contributed by atoms with van der Waals surface area (Å²) in [4.78, 5) is 6.24. The zero-order valence-electron chi connectivity index (χ0n) is 10.5. The van der Waals surface area contributed by atoms with E-state index in [1.54, 1.807) is 18.3 Å². The lowest BCUT2D eigenvalue weighted by molar-refractivity contribution is 0.628. The first-order valence-electron chi connectivity index (χ1n) is 5.79. The molecule has 0 unspecified atom stereocenters. The molecule has 1 atom stereocenters. The highest BCUT2D eigenvalue weighted by Crippen LogP contribution is 2.23. The van der Waals surface area contributed by atoms with Gasteiger partial charge in [0, 0.05) is 18.8 Å². The number of nitrogens with two attached hydrogens (primary N) is 1. The van der Waals surface area contributed by atoms with E-state index in [2.05, 4.69) is 4.98 Å². The molecule has 0 amide bonds. The lowest BCUT2D eigenvalue weighted by atomic mass is 10.2. The Balaban J connectivity index is 2.23. The van der Waals surface area contributed by atoms with Crippen LogP contribution >= 0.6 is 0 Å². The molecule has 2 rings (SSSR count). The van der Waals surface area contributed by atoms with E-state index in [-0.39, 0.29) is 11.9 Å². The van der Waals surface area contributed by atoms with Gasteiger partial charge in [0.25, 0.3) is 0 Å². The quantitative estimate of drug-likeness (QED) is 0.903. The van der Waals surface area contributed by atoms with Crippen LogP contribution < -0.4 is 10.6 Å². The lowest BCUT2D eigenvalue weighted by Crippen LogP contribution is -2.11. The fourth-order valence-corrected chi connectivity index (χ4v) is 1.68. The average Bonchev–Trinajstić information content (AvgIpc) is 2.39. The zero-order valence-corrected chi connectivity index (χ0v) is 10.5. The Bertz CT molecular complexity index is 506. The van der Waals surface area contributed by atoms with Gasteiger partial charge in [-0.1, -0.05) is 0 Å². The third kappa shape index (κ3) is 2.65. The molecule has 0 saturated carbocycles. The van der Waals surface area contributed by atoms with Crippen LogP contribution in [0.3, 0.4) is 0 Å². The first-order chi connectivity index (χ1) is 8.58. The fraction of sp³-hybridized carbons (Fsp3) is 0.214. The average molecular weight is 245 g/mol. The number of halogens is 1. The van der Waals surface area contributed by atoms with Gasteiger partial charge in [-0.3, -0.25) is 4.98 Å². The second kappa shape index (κ2) is 5.14. The minimum Gasteiger partial charge on any atom is -0.343 e. The summed E-state index contributed by atoms with van der Waals surface area (Å²) >= 11 is 0. The van der Waals surface area contributed by atoms with Crippen LogP contribution in [0.25, 0.3) is 0 Å². The smallest absolute Gasteiger partial charge is 0.123 e. The van der Waals surface area contributed by atoms with Gasteiger partial charge in [0.15, 0.2) is 0 Å². The molecule has 0 aliphatic rings. The minimum absolute atomic E-state index is 0.0739. The number of rotatable bonds is 3. The Labute approximate surface area is 106 Å². The van der Waals surface area contributed by atoms with Gasteiger partial charge in [0.05, 0.1) is 17.6 Å². The molecule has 2 aromatic rings. The Morgan fingerprint density at radius 1 is 1.11 bits per heavy atom. The van der Waals surface area contributed by atoms with Gasteiger partial charge in [0.1, 0.15) is 5.82 Å². The molecule has 94 valence electrons. The van der Waals surface area contributed by atoms with E-state index < -0.39 is 0 Å². The van der Waals surface area contributed by atoms with Crippen LogP contribution in [-0.4, -0.2) is 12.0 Å². The third-order valence-electron chi connectivity index (χ3n) is 2.84. The summed E-state index contributed by atoms with van der Waals surface area (Å²) in [5, 5.41) is 0. The summed E-state index contributed by atoms with van der Waals surface area (Å²) in [6, 6.07) is 10.1. The van der Waals surface area contributed by atoms with Crippen molar-refractivity contribution >= 4 is 11.4 Å². The predicted molar refractivity (Wildman–Crippen MR) is 71.3 cm³/mol. The second-order valence-electron chi connectivity index (χ2n) is 4.27. The highest BCUT2D eigenvalue weighted by atomic mass is 19.1. The standard InChI is InChI=1S/C14H16FN3/c1-10(16)14-8-7-13(9-17-14)18(2)12-5-3-11(15)4-6-12/h3-10H,16H2,1-2H3/t10-/m1/s1. The van der Waals surface area contributed by atoms with Crippen LogP contribution in [0.1, 0.15) is 18.7 Å². The molecular weight excluding hydrogens is 229 g/mol. The molecule has 0 radical (unpaired) electrons. The van der Waals surface area contributed by atoms with Crippen molar-refractivity contribution in [2.45, 2.75) is 13.0 Å². The first kappa shape index (κ1) is 12.5. The van der Waals surface area contributed by atoms with Crippen molar-refractivity contribution < 1.29 is 4.39 Å². The summed E-state index contributed by atoms with van der Waals surface area (Å²) in [6.07, 6.45) is 1.77. The molecule has 0 spiro atoms. The number of hydrogen-bond donors (Lipinski definition) is 1. The summed E-state index contributed by atoms with van der Waals surface area (Å²) in [7, 11) is 1.91. The Morgan fingerprint density at radius 2 is 1.72 bits per heavy atom. The minimum atomic E-state index is -0.238. The molecule has 18 heavy (non-hydrogen) atoms. The maximum Gasteiger partial charge on any atom is 0.123 e. The van der Waals surface area contributed by atoms with Crippen LogP contribution in [0.4, 0.5) is 15.8 Å². The van der Waals surface area contributed by atoms with E-state index in [0.29, 0.717) is 0 Å². The van der Waals surface area contributed by atoms with Gasteiger partial charge in [-0.2, -0.15) is 0 Å². The normalized spacial score (nSPS) is 12.2. The van der Waals surface area contributed by atoms with E-state index in [0.717, 1.165) is 17.1 Å². The van der Waals surface area contributed by atoms with Gasteiger partial charge >= 0.3 is 0 Å². The molecule has 0 bridgehead atoms. The molecule has 0 aliphatic heterocycles. The molecule has 1 aromatic heterocycles. The van der Waals surface area contributed by atoms with Crippen LogP contribution in [0.2, 0.25) is 0 Å². The van der Waals surface area contributed by atoms with Crippen LogP contribution in [0.15, 0.2) is 42.6 Å². The molecule has 1 aromatic carbocycles. The molecule has 2 N–H and O–H groups in total. The number of pyridine rings is 1. The maximum atomic E-state index is 12.8. The molecule has 0 aliphatic carbocycles. The van der Waals surface area contributed by atoms with Crippen molar-refractivity contribution in [2.75, 3.05) is 11.9 Å². The molecule has 3 nitrogen and oxygen atoms in total. The molecular formula is C14H16FN3. The van der Waals surface area contributed by atoms with Crippen LogP contribution in [0.5, 0.6) is 0 Å². The third-order valence-corrected chi connectivity index (χ3v) is 2.84. The fourth-order valence-electron chi connectivity index (χ4n) is 1.68. The lowest BCUT2D eigenvalue weighted by Gasteiger charge is -2.19. The largest absolute Gasteiger partial charge is 0.343 e. The van der Waals surface area contributed by atoms with Crippen molar-refractivity contribution in [3.05, 3.63) is 54.1 Å². The van der Waals surface area contributed by atoms with Crippen molar-refractivity contribution in [1.82, 2.24) is 4.98 Å².